The average molecular weight is 628 g/mol. The minimum Gasteiger partial charge on any atom is -0.384 e. The zero-order valence-electron chi connectivity index (χ0n) is 22.2. The van der Waals surface area contributed by atoms with Crippen LogP contribution in [0.5, 0.6) is 0 Å². The molecule has 210 valence electrons. The Morgan fingerprint density at radius 3 is 2.12 bits per heavy atom. The van der Waals surface area contributed by atoms with Crippen molar-refractivity contribution in [2.75, 3.05) is 25.4 Å². The predicted molar refractivity (Wildman–Crippen MR) is 160 cm³/mol. The van der Waals surface area contributed by atoms with Gasteiger partial charge in [0.1, 0.15) is 11.4 Å². The maximum atomic E-state index is 13.2. The first-order chi connectivity index (χ1) is 19.2. The van der Waals surface area contributed by atoms with Crippen LogP contribution >= 0.6 is 27.5 Å². The molecule has 1 aliphatic heterocycles. The predicted octanol–water partition coefficient (Wildman–Crippen LogP) is 4.44. The smallest absolute Gasteiger partial charge is 0.265 e. The number of piperidine rings is 1. The Morgan fingerprint density at radius 1 is 1.00 bits per heavy atom. The maximum Gasteiger partial charge on any atom is 0.265 e. The number of amides is 1. The van der Waals surface area contributed by atoms with Crippen LogP contribution in [-0.2, 0) is 6.54 Å². The first-order valence-electron chi connectivity index (χ1n) is 13.2. The number of likely N-dealkylation sites (tertiary alicyclic amines) is 1. The number of ketones is 2. The SMILES string of the molecule is CC(C(=O)c1ccccc1)N1CCC(CNC(=O)c2cc(Cl)c(N)n(CC(Br)C(=O)c3ccccc3)c2=O)CC1. The van der Waals surface area contributed by atoms with Crippen molar-refractivity contribution in [2.24, 2.45) is 5.92 Å². The molecule has 1 aromatic heterocycles. The molecule has 1 fully saturated rings. The summed E-state index contributed by atoms with van der Waals surface area (Å²) in [5.41, 5.74) is 6.50. The topological polar surface area (TPSA) is 114 Å². The van der Waals surface area contributed by atoms with Crippen molar-refractivity contribution >= 4 is 50.8 Å². The third kappa shape index (κ3) is 6.89. The second kappa shape index (κ2) is 13.4. The number of pyridine rings is 1. The van der Waals surface area contributed by atoms with E-state index in [2.05, 4.69) is 26.1 Å². The second-order valence-electron chi connectivity index (χ2n) is 10.0. The lowest BCUT2D eigenvalue weighted by Crippen LogP contribution is -2.46. The van der Waals surface area contributed by atoms with Crippen LogP contribution < -0.4 is 16.6 Å². The van der Waals surface area contributed by atoms with Crippen molar-refractivity contribution in [3.05, 3.63) is 98.8 Å². The molecule has 1 saturated heterocycles. The molecule has 2 aromatic carbocycles. The first-order valence-corrected chi connectivity index (χ1v) is 14.5. The van der Waals surface area contributed by atoms with E-state index in [1.54, 1.807) is 30.3 Å². The van der Waals surface area contributed by atoms with Gasteiger partial charge in [-0.3, -0.25) is 28.6 Å². The fourth-order valence-electron chi connectivity index (χ4n) is 4.90. The van der Waals surface area contributed by atoms with Crippen LogP contribution in [0, 0.1) is 5.92 Å². The van der Waals surface area contributed by atoms with E-state index < -0.39 is 16.3 Å². The monoisotopic (exact) mass is 626 g/mol. The highest BCUT2D eigenvalue weighted by atomic mass is 79.9. The molecule has 2 heterocycles. The van der Waals surface area contributed by atoms with Crippen LogP contribution in [-0.4, -0.2) is 57.4 Å². The molecule has 3 N–H and O–H groups in total. The Morgan fingerprint density at radius 2 is 1.55 bits per heavy atom. The molecule has 8 nitrogen and oxygen atoms in total. The number of rotatable bonds is 10. The lowest BCUT2D eigenvalue weighted by molar-refractivity contribution is 0.0766. The number of nitrogens with two attached hydrogens (primary N) is 1. The van der Waals surface area contributed by atoms with E-state index >= 15 is 0 Å². The molecule has 2 atom stereocenters. The first kappa shape index (κ1) is 29.7. The third-order valence-electron chi connectivity index (χ3n) is 7.40. The van der Waals surface area contributed by atoms with Gasteiger partial charge in [0.15, 0.2) is 11.6 Å². The molecule has 3 aromatic rings. The number of halogens is 2. The number of hydrogen-bond acceptors (Lipinski definition) is 6. The summed E-state index contributed by atoms with van der Waals surface area (Å²) in [6.45, 7) is 3.71. The molecule has 1 aliphatic rings. The minimum absolute atomic E-state index is 0.0138. The molecule has 1 amide bonds. The van der Waals surface area contributed by atoms with Gasteiger partial charge in [0.2, 0.25) is 0 Å². The number of aromatic nitrogens is 1. The third-order valence-corrected chi connectivity index (χ3v) is 8.41. The van der Waals surface area contributed by atoms with E-state index in [-0.39, 0.29) is 46.5 Å². The van der Waals surface area contributed by atoms with Crippen molar-refractivity contribution in [1.29, 1.82) is 0 Å². The van der Waals surface area contributed by atoms with E-state index in [1.807, 2.05) is 37.3 Å². The number of anilines is 1. The zero-order chi connectivity index (χ0) is 28.8. The maximum absolute atomic E-state index is 13.2. The highest BCUT2D eigenvalue weighted by molar-refractivity contribution is 9.10. The lowest BCUT2D eigenvalue weighted by Gasteiger charge is -2.35. The molecule has 0 aliphatic carbocycles. The van der Waals surface area contributed by atoms with E-state index in [9.17, 15) is 19.2 Å². The van der Waals surface area contributed by atoms with Gasteiger partial charge in [-0.25, -0.2) is 0 Å². The van der Waals surface area contributed by atoms with Crippen LogP contribution in [0.15, 0.2) is 71.5 Å². The summed E-state index contributed by atoms with van der Waals surface area (Å²) in [6, 6.07) is 19.0. The largest absolute Gasteiger partial charge is 0.384 e. The van der Waals surface area contributed by atoms with E-state index in [4.69, 9.17) is 17.3 Å². The number of hydrogen-bond donors (Lipinski definition) is 2. The Hall–Kier alpha value is -3.27. The van der Waals surface area contributed by atoms with E-state index in [0.717, 1.165) is 30.5 Å². The summed E-state index contributed by atoms with van der Waals surface area (Å²) in [4.78, 5) is 53.3. The van der Waals surface area contributed by atoms with Crippen molar-refractivity contribution < 1.29 is 14.4 Å². The summed E-state index contributed by atoms with van der Waals surface area (Å²) in [5.74, 6) is -0.471. The second-order valence-corrected chi connectivity index (χ2v) is 11.5. The molecule has 0 radical (unpaired) electrons. The van der Waals surface area contributed by atoms with Crippen LogP contribution in [0.4, 0.5) is 5.82 Å². The van der Waals surface area contributed by atoms with E-state index in [0.29, 0.717) is 17.7 Å². The van der Waals surface area contributed by atoms with Crippen molar-refractivity contribution in [1.82, 2.24) is 14.8 Å². The van der Waals surface area contributed by atoms with Gasteiger partial charge in [0.05, 0.1) is 15.9 Å². The summed E-state index contributed by atoms with van der Waals surface area (Å²) in [6.07, 6.45) is 1.62. The summed E-state index contributed by atoms with van der Waals surface area (Å²) in [5, 5.41) is 2.92. The number of nitrogens with zero attached hydrogens (tertiary/aromatic N) is 2. The number of nitrogens with one attached hydrogen (secondary N) is 1. The fourth-order valence-corrected chi connectivity index (χ4v) is 5.67. The van der Waals surface area contributed by atoms with Gasteiger partial charge in [-0.05, 0) is 44.8 Å². The summed E-state index contributed by atoms with van der Waals surface area (Å²) in [7, 11) is 0. The Bertz CT molecular complexity index is 1420. The Labute approximate surface area is 246 Å². The van der Waals surface area contributed by atoms with Gasteiger partial charge in [0.25, 0.3) is 11.5 Å². The standard InChI is InChI=1S/C30H32BrClN4O4/c1-19(26(37)21-8-4-2-5-9-21)35-14-12-20(13-15-35)17-34-29(39)23-16-25(32)28(33)36(30(23)40)18-24(31)27(38)22-10-6-3-7-11-22/h2-11,16,19-20,24H,12-15,17-18,33H2,1H3,(H,34,39). The van der Waals surface area contributed by atoms with Crippen LogP contribution in [0.3, 0.4) is 0 Å². The molecular formula is C30H32BrClN4O4. The highest BCUT2D eigenvalue weighted by Gasteiger charge is 2.28. The average Bonchev–Trinajstić information content (AvgIpc) is 2.99. The van der Waals surface area contributed by atoms with Gasteiger partial charge in [-0.15, -0.1) is 0 Å². The number of benzene rings is 2. The molecule has 10 heteroatoms. The summed E-state index contributed by atoms with van der Waals surface area (Å²) < 4.78 is 1.15. The molecule has 40 heavy (non-hydrogen) atoms. The number of nitrogen functional groups attached to an aromatic ring is 1. The number of alkyl halides is 1. The highest BCUT2D eigenvalue weighted by Crippen LogP contribution is 2.22. The molecular weight excluding hydrogens is 596 g/mol. The van der Waals surface area contributed by atoms with Gasteiger partial charge < -0.3 is 11.1 Å². The number of carbonyl (C=O) groups is 3. The summed E-state index contributed by atoms with van der Waals surface area (Å²) >= 11 is 9.64. The molecule has 2 unspecified atom stereocenters. The lowest BCUT2D eigenvalue weighted by atomic mass is 9.94. The van der Waals surface area contributed by atoms with Gasteiger partial charge >= 0.3 is 0 Å². The van der Waals surface area contributed by atoms with Gasteiger partial charge in [0, 0.05) is 24.2 Å². The normalized spacial score (nSPS) is 15.8. The van der Waals surface area contributed by atoms with Crippen LogP contribution in [0.2, 0.25) is 5.02 Å². The zero-order valence-corrected chi connectivity index (χ0v) is 24.5. The van der Waals surface area contributed by atoms with Crippen molar-refractivity contribution in [3.8, 4) is 0 Å². The van der Waals surface area contributed by atoms with Crippen molar-refractivity contribution in [2.45, 2.75) is 37.2 Å². The molecule has 4 rings (SSSR count). The molecule has 0 saturated carbocycles. The number of Topliss-reactive ketones (excluding diaryl/α,β-unsaturated/α-hetero) is 2. The molecule has 0 bridgehead atoms. The number of carbonyl (C=O) groups excluding carboxylic acids is 3. The minimum atomic E-state index is -0.745. The van der Waals surface area contributed by atoms with Gasteiger partial charge in [-0.1, -0.05) is 88.2 Å². The molecule has 0 spiro atoms. The van der Waals surface area contributed by atoms with E-state index in [1.165, 1.54) is 6.07 Å². The Kier molecular flexibility index (Phi) is 9.95. The quantitative estimate of drug-likeness (QED) is 0.254. The van der Waals surface area contributed by atoms with Crippen LogP contribution in [0.25, 0.3) is 0 Å². The van der Waals surface area contributed by atoms with Gasteiger partial charge in [-0.2, -0.15) is 0 Å². The van der Waals surface area contributed by atoms with Crippen molar-refractivity contribution in [3.63, 3.8) is 0 Å². The fraction of sp³-hybridized carbons (Fsp3) is 0.333. The van der Waals surface area contributed by atoms with Crippen LogP contribution in [0.1, 0.15) is 50.8 Å². The Balaban J connectivity index is 1.35.